The molecule has 4 nitrogen and oxygen atoms in total. The zero-order valence-corrected chi connectivity index (χ0v) is 8.09. The van der Waals surface area contributed by atoms with Crippen molar-refractivity contribution in [1.29, 1.82) is 5.26 Å². The third kappa shape index (κ3) is 1.86. The first-order valence-electron chi connectivity index (χ1n) is 4.53. The first-order valence-corrected chi connectivity index (χ1v) is 4.53. The number of benzene rings is 1. The lowest BCUT2D eigenvalue weighted by Crippen LogP contribution is -2.02. The van der Waals surface area contributed by atoms with Gasteiger partial charge in [-0.2, -0.15) is 10.4 Å². The fourth-order valence-electron chi connectivity index (χ4n) is 1.37. The molecule has 0 aromatic heterocycles. The second-order valence-corrected chi connectivity index (χ2v) is 3.21. The highest BCUT2D eigenvalue weighted by Gasteiger charge is 2.16. The molecule has 78 valence electrons. The monoisotopic (exact) mass is 215 g/mol. The van der Waals surface area contributed by atoms with Gasteiger partial charge in [-0.1, -0.05) is 0 Å². The standard InChI is InChI=1S/C11H6FN3O/c12-9-2-1-7(6-13)5-8(9)10-3-4-11(16)15-14-10/h1-5,10H. The molecule has 1 aliphatic heterocycles. The number of nitrogens with zero attached hydrogens (tertiary/aromatic N) is 3. The van der Waals surface area contributed by atoms with Crippen molar-refractivity contribution in [2.24, 2.45) is 10.2 Å². The Kier molecular flexibility index (Phi) is 2.56. The van der Waals surface area contributed by atoms with Crippen molar-refractivity contribution in [2.45, 2.75) is 6.04 Å². The molecule has 0 fully saturated rings. The third-order valence-corrected chi connectivity index (χ3v) is 2.15. The molecule has 2 rings (SSSR count). The maximum Gasteiger partial charge on any atom is 0.287 e. The lowest BCUT2D eigenvalue weighted by molar-refractivity contribution is -0.114. The second kappa shape index (κ2) is 4.03. The van der Waals surface area contributed by atoms with Crippen LogP contribution in [0.5, 0.6) is 0 Å². The predicted molar refractivity (Wildman–Crippen MR) is 52.9 cm³/mol. The van der Waals surface area contributed by atoms with Crippen LogP contribution >= 0.6 is 0 Å². The summed E-state index contributed by atoms with van der Waals surface area (Å²) in [6.07, 6.45) is 2.69. The van der Waals surface area contributed by atoms with Gasteiger partial charge in [-0.15, -0.1) is 5.11 Å². The summed E-state index contributed by atoms with van der Waals surface area (Å²) < 4.78 is 13.5. The molecule has 0 saturated heterocycles. The maximum atomic E-state index is 13.5. The fourth-order valence-corrected chi connectivity index (χ4v) is 1.37. The van der Waals surface area contributed by atoms with Crippen molar-refractivity contribution < 1.29 is 9.18 Å². The summed E-state index contributed by atoms with van der Waals surface area (Å²) in [5.74, 6) is -0.935. The molecule has 1 unspecified atom stereocenters. The average molecular weight is 215 g/mol. The van der Waals surface area contributed by atoms with Gasteiger partial charge in [0.1, 0.15) is 11.9 Å². The molecule has 5 heteroatoms. The van der Waals surface area contributed by atoms with E-state index in [1.807, 2.05) is 6.07 Å². The number of amides is 1. The number of carbonyl (C=O) groups is 1. The smallest absolute Gasteiger partial charge is 0.266 e. The summed E-state index contributed by atoms with van der Waals surface area (Å²) >= 11 is 0. The molecule has 1 aromatic carbocycles. The van der Waals surface area contributed by atoms with Crippen LogP contribution in [-0.2, 0) is 4.79 Å². The van der Waals surface area contributed by atoms with Crippen LogP contribution in [0.25, 0.3) is 0 Å². The van der Waals surface area contributed by atoms with E-state index in [2.05, 4.69) is 10.2 Å². The quantitative estimate of drug-likeness (QED) is 0.721. The lowest BCUT2D eigenvalue weighted by Gasteiger charge is -2.10. The molecule has 1 heterocycles. The lowest BCUT2D eigenvalue weighted by atomic mass is 10.0. The van der Waals surface area contributed by atoms with E-state index < -0.39 is 17.8 Å². The fraction of sp³-hybridized carbons (Fsp3) is 0.0909. The van der Waals surface area contributed by atoms with Gasteiger partial charge in [0.25, 0.3) is 5.91 Å². The maximum absolute atomic E-state index is 13.5. The Balaban J connectivity index is 2.41. The molecule has 0 saturated carbocycles. The minimum Gasteiger partial charge on any atom is -0.266 e. The Morgan fingerprint density at radius 1 is 1.44 bits per heavy atom. The van der Waals surface area contributed by atoms with Crippen LogP contribution in [0.2, 0.25) is 0 Å². The van der Waals surface area contributed by atoms with Crippen molar-refractivity contribution in [3.63, 3.8) is 0 Å². The van der Waals surface area contributed by atoms with E-state index in [0.717, 1.165) is 0 Å². The summed E-state index contributed by atoms with van der Waals surface area (Å²) in [7, 11) is 0. The minimum absolute atomic E-state index is 0.242. The van der Waals surface area contributed by atoms with E-state index in [9.17, 15) is 9.18 Å². The summed E-state index contributed by atoms with van der Waals surface area (Å²) in [5.41, 5.74) is 0.587. The summed E-state index contributed by atoms with van der Waals surface area (Å²) in [6.45, 7) is 0. The van der Waals surface area contributed by atoms with Gasteiger partial charge in [0.05, 0.1) is 11.6 Å². The zero-order chi connectivity index (χ0) is 11.5. The van der Waals surface area contributed by atoms with Crippen LogP contribution in [0.1, 0.15) is 17.2 Å². The highest BCUT2D eigenvalue weighted by Crippen LogP contribution is 2.25. The number of hydrogen-bond acceptors (Lipinski definition) is 3. The highest BCUT2D eigenvalue weighted by atomic mass is 19.1. The van der Waals surface area contributed by atoms with Crippen LogP contribution in [-0.4, -0.2) is 5.91 Å². The number of rotatable bonds is 1. The van der Waals surface area contributed by atoms with Gasteiger partial charge in [0.2, 0.25) is 0 Å². The SMILES string of the molecule is N#Cc1ccc(F)c(C2C=CC(=O)N=N2)c1. The zero-order valence-electron chi connectivity index (χ0n) is 8.09. The van der Waals surface area contributed by atoms with Gasteiger partial charge >= 0.3 is 0 Å². The Morgan fingerprint density at radius 3 is 2.88 bits per heavy atom. The minimum atomic E-state index is -0.633. The van der Waals surface area contributed by atoms with Crippen molar-refractivity contribution in [2.75, 3.05) is 0 Å². The van der Waals surface area contributed by atoms with E-state index in [4.69, 9.17) is 5.26 Å². The third-order valence-electron chi connectivity index (χ3n) is 2.15. The number of hydrogen-bond donors (Lipinski definition) is 0. The Hall–Kier alpha value is -2.35. The van der Waals surface area contributed by atoms with Crippen LogP contribution < -0.4 is 0 Å². The normalized spacial score (nSPS) is 18.5. The van der Waals surface area contributed by atoms with Crippen molar-refractivity contribution >= 4 is 5.91 Å². The number of nitriles is 1. The van der Waals surface area contributed by atoms with E-state index in [0.29, 0.717) is 5.56 Å². The molecule has 0 spiro atoms. The van der Waals surface area contributed by atoms with Crippen LogP contribution in [0.3, 0.4) is 0 Å². The number of azo groups is 1. The molecular weight excluding hydrogens is 209 g/mol. The summed E-state index contributed by atoms with van der Waals surface area (Å²) in [6, 6.07) is 5.27. The molecule has 1 amide bonds. The van der Waals surface area contributed by atoms with Gasteiger partial charge in [-0.05, 0) is 24.3 Å². The molecule has 0 radical (unpaired) electrons. The van der Waals surface area contributed by atoms with Gasteiger partial charge < -0.3 is 0 Å². The van der Waals surface area contributed by atoms with Gasteiger partial charge in [0.15, 0.2) is 0 Å². The van der Waals surface area contributed by atoms with E-state index in [-0.39, 0.29) is 5.56 Å². The van der Waals surface area contributed by atoms with E-state index >= 15 is 0 Å². The second-order valence-electron chi connectivity index (χ2n) is 3.21. The number of carbonyl (C=O) groups excluding carboxylic acids is 1. The summed E-state index contributed by atoms with van der Waals surface area (Å²) in [4.78, 5) is 10.8. The largest absolute Gasteiger partial charge is 0.287 e. The molecule has 1 aliphatic rings. The Bertz CT molecular complexity index is 527. The van der Waals surface area contributed by atoms with Crippen LogP contribution in [0.4, 0.5) is 4.39 Å². The molecule has 1 aromatic rings. The van der Waals surface area contributed by atoms with E-state index in [1.54, 1.807) is 0 Å². The Labute approximate surface area is 90.7 Å². The molecule has 0 aliphatic carbocycles. The molecule has 0 bridgehead atoms. The summed E-state index contributed by atoms with van der Waals surface area (Å²) in [5, 5.41) is 15.7. The van der Waals surface area contributed by atoms with Crippen molar-refractivity contribution in [3.8, 4) is 6.07 Å². The van der Waals surface area contributed by atoms with Crippen LogP contribution in [0.15, 0.2) is 40.6 Å². The average Bonchev–Trinajstić information content (AvgIpc) is 2.31. The van der Waals surface area contributed by atoms with Gasteiger partial charge in [0, 0.05) is 11.6 Å². The first-order chi connectivity index (χ1) is 7.70. The predicted octanol–water partition coefficient (Wildman–Crippen LogP) is 2.29. The topological polar surface area (TPSA) is 65.6 Å². The van der Waals surface area contributed by atoms with Crippen molar-refractivity contribution in [1.82, 2.24) is 0 Å². The molecule has 16 heavy (non-hydrogen) atoms. The first kappa shape index (κ1) is 10.2. The Morgan fingerprint density at radius 2 is 2.25 bits per heavy atom. The van der Waals surface area contributed by atoms with Crippen LogP contribution in [0, 0.1) is 17.1 Å². The van der Waals surface area contributed by atoms with Crippen molar-refractivity contribution in [3.05, 3.63) is 47.3 Å². The van der Waals surface area contributed by atoms with Gasteiger partial charge in [-0.3, -0.25) is 4.79 Å². The molecule has 0 N–H and O–H groups in total. The van der Waals surface area contributed by atoms with E-state index in [1.165, 1.54) is 30.4 Å². The highest BCUT2D eigenvalue weighted by molar-refractivity contribution is 5.88. The number of halogens is 1. The molecular formula is C11H6FN3O. The molecule has 1 atom stereocenters. The van der Waals surface area contributed by atoms with Gasteiger partial charge in [-0.25, -0.2) is 4.39 Å².